The number of hydrogen-bond acceptors (Lipinski definition) is 2. The SMILES string of the molecule is CCn1cc(C(=O)c2ccc(O)cc2)c2ccccc21. The van der Waals surface area contributed by atoms with Crippen LogP contribution in [0.5, 0.6) is 5.75 Å². The van der Waals surface area contributed by atoms with Gasteiger partial charge < -0.3 is 9.67 Å². The zero-order valence-electron chi connectivity index (χ0n) is 11.2. The van der Waals surface area contributed by atoms with Crippen LogP contribution in [0.1, 0.15) is 22.8 Å². The van der Waals surface area contributed by atoms with Crippen molar-refractivity contribution in [2.75, 3.05) is 0 Å². The van der Waals surface area contributed by atoms with Crippen LogP contribution in [0.4, 0.5) is 0 Å². The summed E-state index contributed by atoms with van der Waals surface area (Å²) in [5, 5.41) is 10.3. The van der Waals surface area contributed by atoms with E-state index < -0.39 is 0 Å². The summed E-state index contributed by atoms with van der Waals surface area (Å²) in [6.07, 6.45) is 1.90. The van der Waals surface area contributed by atoms with E-state index in [1.807, 2.05) is 30.5 Å². The van der Waals surface area contributed by atoms with Crippen molar-refractivity contribution in [3.05, 3.63) is 65.9 Å². The number of ketones is 1. The van der Waals surface area contributed by atoms with E-state index in [2.05, 4.69) is 11.5 Å². The maximum atomic E-state index is 12.6. The van der Waals surface area contributed by atoms with Crippen LogP contribution in [-0.2, 0) is 6.54 Å². The molecule has 0 fully saturated rings. The van der Waals surface area contributed by atoms with Crippen LogP contribution < -0.4 is 0 Å². The highest BCUT2D eigenvalue weighted by Gasteiger charge is 2.15. The van der Waals surface area contributed by atoms with Gasteiger partial charge >= 0.3 is 0 Å². The lowest BCUT2D eigenvalue weighted by atomic mass is 10.0. The molecule has 0 saturated carbocycles. The van der Waals surface area contributed by atoms with Crippen molar-refractivity contribution in [3.63, 3.8) is 0 Å². The largest absolute Gasteiger partial charge is 0.508 e. The highest BCUT2D eigenvalue weighted by atomic mass is 16.3. The van der Waals surface area contributed by atoms with Gasteiger partial charge in [-0.15, -0.1) is 0 Å². The number of fused-ring (bicyclic) bond motifs is 1. The van der Waals surface area contributed by atoms with E-state index in [9.17, 15) is 9.90 Å². The first kappa shape index (κ1) is 12.5. The van der Waals surface area contributed by atoms with Gasteiger partial charge in [0, 0.05) is 34.8 Å². The second-order valence-electron chi connectivity index (χ2n) is 4.72. The summed E-state index contributed by atoms with van der Waals surface area (Å²) in [6, 6.07) is 14.3. The maximum Gasteiger partial charge on any atom is 0.195 e. The lowest BCUT2D eigenvalue weighted by Gasteiger charge is -2.00. The molecule has 0 unspecified atom stereocenters. The van der Waals surface area contributed by atoms with E-state index >= 15 is 0 Å². The predicted octanol–water partition coefficient (Wildman–Crippen LogP) is 3.60. The summed E-state index contributed by atoms with van der Waals surface area (Å²) in [6.45, 7) is 2.88. The number of phenols is 1. The fraction of sp³-hybridized carbons (Fsp3) is 0.118. The molecule has 3 nitrogen and oxygen atoms in total. The number of nitrogens with zero attached hydrogens (tertiary/aromatic N) is 1. The molecule has 0 saturated heterocycles. The third kappa shape index (κ3) is 1.97. The predicted molar refractivity (Wildman–Crippen MR) is 79.2 cm³/mol. The molecule has 0 aliphatic rings. The molecule has 1 aromatic heterocycles. The van der Waals surface area contributed by atoms with Gasteiger partial charge in [-0.25, -0.2) is 0 Å². The number of rotatable bonds is 3. The van der Waals surface area contributed by atoms with Crippen molar-refractivity contribution in [1.29, 1.82) is 0 Å². The number of aryl methyl sites for hydroxylation is 1. The number of para-hydroxylation sites is 1. The molecule has 0 radical (unpaired) electrons. The fourth-order valence-electron chi connectivity index (χ4n) is 2.46. The van der Waals surface area contributed by atoms with E-state index in [0.717, 1.165) is 17.4 Å². The van der Waals surface area contributed by atoms with Gasteiger partial charge in [-0.3, -0.25) is 4.79 Å². The van der Waals surface area contributed by atoms with Crippen molar-refractivity contribution in [2.24, 2.45) is 0 Å². The van der Waals surface area contributed by atoms with Gasteiger partial charge in [0.2, 0.25) is 0 Å². The molecular formula is C17H15NO2. The minimum absolute atomic E-state index is 0.0200. The number of benzene rings is 2. The molecule has 0 aliphatic carbocycles. The Hall–Kier alpha value is -2.55. The van der Waals surface area contributed by atoms with Gasteiger partial charge in [0.05, 0.1) is 0 Å². The summed E-state index contributed by atoms with van der Waals surface area (Å²) in [4.78, 5) is 12.6. The molecule has 0 spiro atoms. The van der Waals surface area contributed by atoms with Crippen molar-refractivity contribution < 1.29 is 9.90 Å². The molecular weight excluding hydrogens is 250 g/mol. The van der Waals surface area contributed by atoms with Crippen LogP contribution in [0.15, 0.2) is 54.7 Å². The van der Waals surface area contributed by atoms with Crippen LogP contribution in [-0.4, -0.2) is 15.5 Å². The lowest BCUT2D eigenvalue weighted by Crippen LogP contribution is -2.00. The van der Waals surface area contributed by atoms with Crippen LogP contribution in [0.3, 0.4) is 0 Å². The highest BCUT2D eigenvalue weighted by molar-refractivity contribution is 6.16. The Balaban J connectivity index is 2.14. The smallest absolute Gasteiger partial charge is 0.195 e. The number of carbonyl (C=O) groups is 1. The molecule has 3 heteroatoms. The van der Waals surface area contributed by atoms with E-state index in [-0.39, 0.29) is 11.5 Å². The quantitative estimate of drug-likeness (QED) is 0.735. The highest BCUT2D eigenvalue weighted by Crippen LogP contribution is 2.24. The van der Waals surface area contributed by atoms with E-state index in [1.165, 1.54) is 12.1 Å². The molecule has 0 amide bonds. The van der Waals surface area contributed by atoms with Crippen LogP contribution >= 0.6 is 0 Å². The van der Waals surface area contributed by atoms with E-state index in [0.29, 0.717) is 11.1 Å². The molecule has 1 N–H and O–H groups in total. The van der Waals surface area contributed by atoms with E-state index in [4.69, 9.17) is 0 Å². The Labute approximate surface area is 117 Å². The van der Waals surface area contributed by atoms with Crippen molar-refractivity contribution >= 4 is 16.7 Å². The Bertz CT molecular complexity index is 769. The number of carbonyl (C=O) groups excluding carboxylic acids is 1. The van der Waals surface area contributed by atoms with Gasteiger partial charge in [0.25, 0.3) is 0 Å². The van der Waals surface area contributed by atoms with Crippen molar-refractivity contribution in [1.82, 2.24) is 4.57 Å². The Morgan fingerprint density at radius 3 is 2.50 bits per heavy atom. The van der Waals surface area contributed by atoms with Crippen LogP contribution in [0.25, 0.3) is 10.9 Å². The molecule has 100 valence electrons. The second kappa shape index (κ2) is 4.85. The Kier molecular flexibility index (Phi) is 3.03. The van der Waals surface area contributed by atoms with Gasteiger partial charge in [-0.05, 0) is 37.3 Å². The monoisotopic (exact) mass is 265 g/mol. The third-order valence-corrected chi connectivity index (χ3v) is 3.50. The van der Waals surface area contributed by atoms with Crippen molar-refractivity contribution in [2.45, 2.75) is 13.5 Å². The van der Waals surface area contributed by atoms with Crippen LogP contribution in [0, 0.1) is 0 Å². The van der Waals surface area contributed by atoms with E-state index in [1.54, 1.807) is 12.1 Å². The molecule has 20 heavy (non-hydrogen) atoms. The van der Waals surface area contributed by atoms with Gasteiger partial charge in [-0.2, -0.15) is 0 Å². The summed E-state index contributed by atoms with van der Waals surface area (Å²) in [5.41, 5.74) is 2.35. The average Bonchev–Trinajstić information content (AvgIpc) is 2.86. The standard InChI is InChI=1S/C17H15NO2/c1-2-18-11-15(14-5-3-4-6-16(14)18)17(20)12-7-9-13(19)10-8-12/h3-11,19H,2H2,1H3. The number of aromatic hydroxyl groups is 1. The van der Waals surface area contributed by atoms with Crippen LogP contribution in [0.2, 0.25) is 0 Å². The summed E-state index contributed by atoms with van der Waals surface area (Å²) in [7, 11) is 0. The molecule has 0 bridgehead atoms. The zero-order valence-corrected chi connectivity index (χ0v) is 11.2. The summed E-state index contributed by atoms with van der Waals surface area (Å²) >= 11 is 0. The lowest BCUT2D eigenvalue weighted by molar-refractivity contribution is 0.104. The fourth-order valence-corrected chi connectivity index (χ4v) is 2.46. The average molecular weight is 265 g/mol. The molecule has 3 rings (SSSR count). The topological polar surface area (TPSA) is 42.2 Å². The van der Waals surface area contributed by atoms with Gasteiger partial charge in [0.1, 0.15) is 5.75 Å². The van der Waals surface area contributed by atoms with Gasteiger partial charge in [0.15, 0.2) is 5.78 Å². The minimum atomic E-state index is -0.0200. The summed E-state index contributed by atoms with van der Waals surface area (Å²) < 4.78 is 2.07. The zero-order chi connectivity index (χ0) is 14.1. The number of phenolic OH excluding ortho intramolecular Hbond substituents is 1. The van der Waals surface area contributed by atoms with Gasteiger partial charge in [-0.1, -0.05) is 18.2 Å². The minimum Gasteiger partial charge on any atom is -0.508 e. The molecule has 0 aliphatic heterocycles. The maximum absolute atomic E-state index is 12.6. The molecule has 2 aromatic carbocycles. The molecule has 3 aromatic rings. The first-order chi connectivity index (χ1) is 9.70. The normalized spacial score (nSPS) is 10.8. The third-order valence-electron chi connectivity index (χ3n) is 3.50. The molecule has 1 heterocycles. The Morgan fingerprint density at radius 1 is 1.10 bits per heavy atom. The Morgan fingerprint density at radius 2 is 1.80 bits per heavy atom. The second-order valence-corrected chi connectivity index (χ2v) is 4.72. The molecule has 0 atom stereocenters. The number of aromatic nitrogens is 1. The van der Waals surface area contributed by atoms with Crippen molar-refractivity contribution in [3.8, 4) is 5.75 Å². The number of hydrogen-bond donors (Lipinski definition) is 1. The first-order valence-corrected chi connectivity index (χ1v) is 6.62. The first-order valence-electron chi connectivity index (χ1n) is 6.62. The summed E-state index contributed by atoms with van der Waals surface area (Å²) in [5.74, 6) is 0.144.